The van der Waals surface area contributed by atoms with Gasteiger partial charge in [-0.2, -0.15) is 0 Å². The van der Waals surface area contributed by atoms with Gasteiger partial charge >= 0.3 is 0 Å². The van der Waals surface area contributed by atoms with E-state index in [4.69, 9.17) is 28.9 Å². The Morgan fingerprint density at radius 1 is 1.25 bits per heavy atom. The van der Waals surface area contributed by atoms with Crippen LogP contribution in [0.25, 0.3) is 0 Å². The molecular formula is C15H23Cl2N3. The molecule has 5 heteroatoms. The fourth-order valence-corrected chi connectivity index (χ4v) is 3.48. The van der Waals surface area contributed by atoms with E-state index in [1.54, 1.807) is 6.07 Å². The van der Waals surface area contributed by atoms with Crippen molar-refractivity contribution in [2.75, 3.05) is 26.7 Å². The molecule has 0 spiro atoms. The highest BCUT2D eigenvalue weighted by molar-refractivity contribution is 6.35. The Kier molecular flexibility index (Phi) is 5.32. The van der Waals surface area contributed by atoms with Gasteiger partial charge in [-0.15, -0.1) is 0 Å². The van der Waals surface area contributed by atoms with Crippen molar-refractivity contribution in [3.8, 4) is 0 Å². The van der Waals surface area contributed by atoms with Gasteiger partial charge in [-0.05, 0) is 38.6 Å². The van der Waals surface area contributed by atoms with Gasteiger partial charge in [0.05, 0.1) is 0 Å². The first-order valence-electron chi connectivity index (χ1n) is 7.05. The zero-order chi connectivity index (χ0) is 14.9. The maximum absolute atomic E-state index is 6.35. The number of benzene rings is 1. The third-order valence-electron chi connectivity index (χ3n) is 4.37. The first kappa shape index (κ1) is 16.1. The molecule has 1 fully saturated rings. The maximum atomic E-state index is 6.35. The van der Waals surface area contributed by atoms with Crippen molar-refractivity contribution >= 4 is 23.2 Å². The van der Waals surface area contributed by atoms with E-state index in [1.165, 1.54) is 0 Å². The molecule has 3 unspecified atom stereocenters. The van der Waals surface area contributed by atoms with Crippen molar-refractivity contribution in [3.05, 3.63) is 33.8 Å². The summed E-state index contributed by atoms with van der Waals surface area (Å²) in [6, 6.07) is 6.85. The van der Waals surface area contributed by atoms with Gasteiger partial charge in [-0.1, -0.05) is 29.3 Å². The third kappa shape index (κ3) is 3.29. The summed E-state index contributed by atoms with van der Waals surface area (Å²) in [5.41, 5.74) is 7.09. The van der Waals surface area contributed by atoms with Gasteiger partial charge in [0, 0.05) is 47.8 Å². The van der Waals surface area contributed by atoms with E-state index in [1.807, 2.05) is 12.1 Å². The van der Waals surface area contributed by atoms with Crippen LogP contribution in [0.15, 0.2) is 18.2 Å². The molecule has 1 aliphatic heterocycles. The number of piperazine rings is 1. The molecule has 20 heavy (non-hydrogen) atoms. The Morgan fingerprint density at radius 2 is 1.85 bits per heavy atom. The lowest BCUT2D eigenvalue weighted by molar-refractivity contribution is 0.0352. The second kappa shape index (κ2) is 6.63. The van der Waals surface area contributed by atoms with E-state index in [9.17, 15) is 0 Å². The van der Waals surface area contributed by atoms with Crippen LogP contribution in [0.4, 0.5) is 0 Å². The summed E-state index contributed by atoms with van der Waals surface area (Å²) >= 11 is 12.3. The Bertz CT molecular complexity index is 454. The average Bonchev–Trinajstić information content (AvgIpc) is 2.39. The molecule has 0 aromatic heterocycles. The maximum Gasteiger partial charge on any atom is 0.0486 e. The second-order valence-corrected chi connectivity index (χ2v) is 6.58. The number of nitrogens with zero attached hydrogens (tertiary/aromatic N) is 2. The molecule has 0 amide bonds. The standard InChI is InChI=1S/C15H23Cl2N3/c1-10-8-20(9-11(2)19(10)3)15(7-18)13-5-4-12(16)6-14(13)17/h4-6,10-11,15H,7-9,18H2,1-3H3. The average molecular weight is 316 g/mol. The minimum atomic E-state index is 0.151. The predicted molar refractivity (Wildman–Crippen MR) is 86.5 cm³/mol. The summed E-state index contributed by atoms with van der Waals surface area (Å²) in [5, 5.41) is 1.36. The van der Waals surface area contributed by atoms with E-state index < -0.39 is 0 Å². The van der Waals surface area contributed by atoms with Crippen LogP contribution in [-0.4, -0.2) is 48.6 Å². The lowest BCUT2D eigenvalue weighted by Crippen LogP contribution is -2.56. The summed E-state index contributed by atoms with van der Waals surface area (Å²) in [6.45, 7) is 7.06. The van der Waals surface area contributed by atoms with Crippen molar-refractivity contribution in [2.24, 2.45) is 5.73 Å². The molecule has 1 aromatic carbocycles. The fourth-order valence-electron chi connectivity index (χ4n) is 2.94. The Labute approximate surface area is 131 Å². The number of likely N-dealkylation sites (N-methyl/N-ethyl adjacent to an activating group) is 1. The molecule has 1 aromatic rings. The molecule has 0 bridgehead atoms. The Balaban J connectivity index is 2.24. The van der Waals surface area contributed by atoms with E-state index in [2.05, 4.69) is 30.7 Å². The van der Waals surface area contributed by atoms with Crippen LogP contribution in [0.2, 0.25) is 10.0 Å². The SMILES string of the molecule is CC1CN(C(CN)c2ccc(Cl)cc2Cl)CC(C)N1C. The zero-order valence-electron chi connectivity index (χ0n) is 12.3. The van der Waals surface area contributed by atoms with Gasteiger partial charge in [0.1, 0.15) is 0 Å². The summed E-state index contributed by atoms with van der Waals surface area (Å²) in [5.74, 6) is 0. The van der Waals surface area contributed by atoms with Crippen LogP contribution in [0.1, 0.15) is 25.5 Å². The van der Waals surface area contributed by atoms with E-state index >= 15 is 0 Å². The van der Waals surface area contributed by atoms with Crippen molar-refractivity contribution in [2.45, 2.75) is 32.0 Å². The minimum Gasteiger partial charge on any atom is -0.329 e. The summed E-state index contributed by atoms with van der Waals surface area (Å²) in [4.78, 5) is 4.85. The molecule has 0 aliphatic carbocycles. The van der Waals surface area contributed by atoms with E-state index in [0.717, 1.165) is 18.7 Å². The monoisotopic (exact) mass is 315 g/mol. The number of hydrogen-bond donors (Lipinski definition) is 1. The minimum absolute atomic E-state index is 0.151. The number of hydrogen-bond acceptors (Lipinski definition) is 3. The smallest absolute Gasteiger partial charge is 0.0486 e. The number of halogens is 2. The molecule has 3 atom stereocenters. The molecule has 3 nitrogen and oxygen atoms in total. The van der Waals surface area contributed by atoms with Crippen molar-refractivity contribution < 1.29 is 0 Å². The van der Waals surface area contributed by atoms with E-state index in [-0.39, 0.29) is 6.04 Å². The number of nitrogens with two attached hydrogens (primary N) is 1. The van der Waals surface area contributed by atoms with Crippen LogP contribution in [0.3, 0.4) is 0 Å². The molecule has 0 saturated carbocycles. The zero-order valence-corrected chi connectivity index (χ0v) is 13.8. The highest BCUT2D eigenvalue weighted by Crippen LogP contribution is 2.31. The van der Waals surface area contributed by atoms with Gasteiger partial charge in [0.15, 0.2) is 0 Å². The lowest BCUT2D eigenvalue weighted by Gasteiger charge is -2.45. The van der Waals surface area contributed by atoms with Gasteiger partial charge in [-0.25, -0.2) is 0 Å². The van der Waals surface area contributed by atoms with Crippen molar-refractivity contribution in [1.29, 1.82) is 0 Å². The highest BCUT2D eigenvalue weighted by Gasteiger charge is 2.31. The number of rotatable bonds is 3. The van der Waals surface area contributed by atoms with E-state index in [0.29, 0.717) is 28.7 Å². The fraction of sp³-hybridized carbons (Fsp3) is 0.600. The topological polar surface area (TPSA) is 32.5 Å². The van der Waals surface area contributed by atoms with Crippen LogP contribution >= 0.6 is 23.2 Å². The lowest BCUT2D eigenvalue weighted by atomic mass is 10.0. The molecule has 2 N–H and O–H groups in total. The van der Waals surface area contributed by atoms with Gasteiger partial charge in [0.25, 0.3) is 0 Å². The quantitative estimate of drug-likeness (QED) is 0.930. The van der Waals surface area contributed by atoms with Gasteiger partial charge in [0.2, 0.25) is 0 Å². The molecule has 1 saturated heterocycles. The normalized spacial score (nSPS) is 26.7. The first-order valence-corrected chi connectivity index (χ1v) is 7.80. The third-order valence-corrected chi connectivity index (χ3v) is 4.94. The Morgan fingerprint density at radius 3 is 2.35 bits per heavy atom. The molecular weight excluding hydrogens is 293 g/mol. The molecule has 2 rings (SSSR count). The van der Waals surface area contributed by atoms with Crippen LogP contribution in [0, 0.1) is 0 Å². The molecule has 0 radical (unpaired) electrons. The van der Waals surface area contributed by atoms with Crippen LogP contribution < -0.4 is 5.73 Å². The van der Waals surface area contributed by atoms with Crippen LogP contribution in [0.5, 0.6) is 0 Å². The molecule has 1 heterocycles. The highest BCUT2D eigenvalue weighted by atomic mass is 35.5. The predicted octanol–water partition coefficient (Wildman–Crippen LogP) is 3.02. The van der Waals surface area contributed by atoms with Crippen molar-refractivity contribution in [1.82, 2.24) is 9.80 Å². The van der Waals surface area contributed by atoms with Crippen molar-refractivity contribution in [3.63, 3.8) is 0 Å². The molecule has 112 valence electrons. The van der Waals surface area contributed by atoms with Gasteiger partial charge < -0.3 is 5.73 Å². The summed E-state index contributed by atoms with van der Waals surface area (Å²) in [7, 11) is 2.18. The largest absolute Gasteiger partial charge is 0.329 e. The second-order valence-electron chi connectivity index (χ2n) is 5.73. The summed E-state index contributed by atoms with van der Waals surface area (Å²) in [6.07, 6.45) is 0. The van der Waals surface area contributed by atoms with Crippen LogP contribution in [-0.2, 0) is 0 Å². The Hall–Kier alpha value is -0.320. The first-order chi connectivity index (χ1) is 9.43. The van der Waals surface area contributed by atoms with Gasteiger partial charge in [-0.3, -0.25) is 9.80 Å². The summed E-state index contributed by atoms with van der Waals surface area (Å²) < 4.78 is 0. The molecule has 1 aliphatic rings.